The van der Waals surface area contributed by atoms with Gasteiger partial charge in [0.25, 0.3) is 10.0 Å². The topological polar surface area (TPSA) is 91.2 Å². The third kappa shape index (κ3) is 5.27. The van der Waals surface area contributed by atoms with Gasteiger partial charge >= 0.3 is 5.97 Å². The minimum absolute atomic E-state index is 0.200. The number of esters is 1. The zero-order chi connectivity index (χ0) is 25.4. The first-order valence-corrected chi connectivity index (χ1v) is 12.9. The summed E-state index contributed by atoms with van der Waals surface area (Å²) in [4.78, 5) is 21.0. The van der Waals surface area contributed by atoms with Crippen molar-refractivity contribution in [3.05, 3.63) is 77.7 Å². The lowest BCUT2D eigenvalue weighted by Gasteiger charge is -2.19. The van der Waals surface area contributed by atoms with Crippen LogP contribution in [0, 0.1) is 13.8 Å². The maximum atomic E-state index is 13.2. The van der Waals surface area contributed by atoms with Gasteiger partial charge in [0.05, 0.1) is 10.6 Å². The molecule has 0 atom stereocenters. The van der Waals surface area contributed by atoms with E-state index in [4.69, 9.17) is 4.74 Å². The average molecular weight is 492 g/mol. The van der Waals surface area contributed by atoms with E-state index < -0.39 is 15.6 Å². The van der Waals surface area contributed by atoms with Crippen LogP contribution < -0.4 is 0 Å². The molecule has 0 amide bonds. The van der Waals surface area contributed by atoms with Crippen molar-refractivity contribution in [3.63, 3.8) is 0 Å². The average Bonchev–Trinajstić information content (AvgIpc) is 3.22. The Balaban J connectivity index is 1.64. The number of hydrogen-bond acceptors (Lipinski definition) is 6. The van der Waals surface area contributed by atoms with Crippen molar-refractivity contribution in [2.45, 2.75) is 58.0 Å². The Morgan fingerprint density at radius 3 is 2.37 bits per heavy atom. The van der Waals surface area contributed by atoms with E-state index in [2.05, 4.69) is 9.97 Å². The number of nitrogens with zero attached hydrogens (tertiary/aromatic N) is 3. The molecule has 0 aliphatic rings. The molecule has 182 valence electrons. The first kappa shape index (κ1) is 24.6. The van der Waals surface area contributed by atoms with Crippen LogP contribution in [0.2, 0.25) is 0 Å². The van der Waals surface area contributed by atoms with Crippen molar-refractivity contribution in [1.29, 1.82) is 0 Å². The lowest BCUT2D eigenvalue weighted by molar-refractivity contribution is -0.154. The van der Waals surface area contributed by atoms with Gasteiger partial charge in [-0.3, -0.25) is 4.79 Å². The van der Waals surface area contributed by atoms with Crippen LogP contribution in [0.4, 0.5) is 0 Å². The predicted molar refractivity (Wildman–Crippen MR) is 136 cm³/mol. The van der Waals surface area contributed by atoms with Crippen LogP contribution in [-0.2, 0) is 26.0 Å². The summed E-state index contributed by atoms with van der Waals surface area (Å²) in [6.07, 6.45) is 3.77. The molecule has 0 saturated heterocycles. The third-order valence-corrected chi connectivity index (χ3v) is 7.34. The lowest BCUT2D eigenvalue weighted by Crippen LogP contribution is -2.24. The first-order chi connectivity index (χ1) is 16.5. The van der Waals surface area contributed by atoms with Crippen molar-refractivity contribution >= 4 is 27.0 Å². The van der Waals surface area contributed by atoms with Gasteiger partial charge in [-0.25, -0.2) is 22.4 Å². The normalized spacial score (nSPS) is 12.1. The van der Waals surface area contributed by atoms with E-state index in [9.17, 15) is 13.2 Å². The minimum atomic E-state index is -3.80. The molecule has 0 fully saturated rings. The fraction of sp³-hybridized carbons (Fsp3) is 0.296. The Kier molecular flexibility index (Phi) is 6.51. The van der Waals surface area contributed by atoms with E-state index in [1.807, 2.05) is 52.8 Å². The van der Waals surface area contributed by atoms with Crippen molar-refractivity contribution in [2.75, 3.05) is 0 Å². The van der Waals surface area contributed by atoms with Crippen LogP contribution in [0.1, 0.15) is 43.9 Å². The monoisotopic (exact) mass is 491 g/mol. The number of carbonyl (C=O) groups is 1. The van der Waals surface area contributed by atoms with E-state index in [-0.39, 0.29) is 10.9 Å². The summed E-state index contributed by atoms with van der Waals surface area (Å²) in [5, 5.41) is 0.643. The molecule has 7 nitrogen and oxygen atoms in total. The Morgan fingerprint density at radius 1 is 1.00 bits per heavy atom. The molecule has 0 saturated carbocycles. The Hall–Kier alpha value is -3.52. The molecule has 0 radical (unpaired) electrons. The van der Waals surface area contributed by atoms with Gasteiger partial charge in [-0.2, -0.15) is 0 Å². The van der Waals surface area contributed by atoms with E-state index in [1.165, 1.54) is 16.5 Å². The summed E-state index contributed by atoms with van der Waals surface area (Å²) in [6.45, 7) is 9.46. The molecule has 2 aromatic carbocycles. The second-order valence-corrected chi connectivity index (χ2v) is 11.4. The highest BCUT2D eigenvalue weighted by molar-refractivity contribution is 7.90. The van der Waals surface area contributed by atoms with Crippen LogP contribution in [0.25, 0.3) is 22.3 Å². The van der Waals surface area contributed by atoms with Crippen molar-refractivity contribution in [2.24, 2.45) is 0 Å². The maximum absolute atomic E-state index is 13.2. The summed E-state index contributed by atoms with van der Waals surface area (Å²) in [7, 11) is -3.80. The third-order valence-electron chi connectivity index (χ3n) is 5.66. The van der Waals surface area contributed by atoms with Crippen molar-refractivity contribution in [1.82, 2.24) is 13.9 Å². The van der Waals surface area contributed by atoms with Gasteiger partial charge in [0.15, 0.2) is 5.65 Å². The summed E-state index contributed by atoms with van der Waals surface area (Å²) in [6, 6.07) is 14.4. The van der Waals surface area contributed by atoms with Crippen molar-refractivity contribution < 1.29 is 17.9 Å². The maximum Gasteiger partial charge on any atom is 0.306 e. The second kappa shape index (κ2) is 9.26. The molecular weight excluding hydrogens is 462 g/mol. The zero-order valence-electron chi connectivity index (χ0n) is 20.6. The molecule has 4 aromatic rings. The van der Waals surface area contributed by atoms with E-state index in [0.29, 0.717) is 29.6 Å². The van der Waals surface area contributed by atoms with Crippen LogP contribution in [0.5, 0.6) is 0 Å². The van der Waals surface area contributed by atoms with Crippen LogP contribution in [0.3, 0.4) is 0 Å². The van der Waals surface area contributed by atoms with Gasteiger partial charge in [0, 0.05) is 23.6 Å². The number of fused-ring (bicyclic) bond motifs is 1. The van der Waals surface area contributed by atoms with Gasteiger partial charge < -0.3 is 4.74 Å². The van der Waals surface area contributed by atoms with Crippen molar-refractivity contribution in [3.8, 4) is 11.3 Å². The molecule has 35 heavy (non-hydrogen) atoms. The fourth-order valence-electron chi connectivity index (χ4n) is 3.93. The van der Waals surface area contributed by atoms with E-state index in [1.54, 1.807) is 30.3 Å². The fourth-order valence-corrected chi connectivity index (χ4v) is 5.23. The molecule has 0 unspecified atom stereocenters. The molecule has 2 aromatic heterocycles. The van der Waals surface area contributed by atoms with Gasteiger partial charge in [-0.15, -0.1) is 0 Å². The molecule has 0 bridgehead atoms. The standard InChI is InChI=1S/C27H29N3O4S/c1-18-6-11-22(12-7-18)35(32,33)30-15-14-23-25(28-17-29-26(23)30)21-9-8-20(19(2)16-21)10-13-24(31)34-27(3,4)5/h6-9,11-12,14-17H,10,13H2,1-5H3. The Bertz CT molecular complexity index is 1500. The first-order valence-electron chi connectivity index (χ1n) is 11.4. The number of aromatic nitrogens is 3. The van der Waals surface area contributed by atoms with E-state index >= 15 is 0 Å². The summed E-state index contributed by atoms with van der Waals surface area (Å²) in [5.74, 6) is -0.227. The number of rotatable bonds is 6. The van der Waals surface area contributed by atoms with Crippen LogP contribution >= 0.6 is 0 Å². The SMILES string of the molecule is Cc1ccc(S(=O)(=O)n2ccc3c(-c4ccc(CCC(=O)OC(C)(C)C)c(C)c4)ncnc32)cc1. The molecule has 4 rings (SSSR count). The van der Waals surface area contributed by atoms with Gasteiger partial charge in [-0.1, -0.05) is 29.8 Å². The Labute approximate surface area is 205 Å². The zero-order valence-corrected chi connectivity index (χ0v) is 21.4. The summed E-state index contributed by atoms with van der Waals surface area (Å²) >= 11 is 0. The summed E-state index contributed by atoms with van der Waals surface area (Å²) in [5.41, 5.74) is 4.36. The highest BCUT2D eigenvalue weighted by atomic mass is 32.2. The Morgan fingerprint density at radius 2 is 1.71 bits per heavy atom. The van der Waals surface area contributed by atoms with Gasteiger partial charge in [0.2, 0.25) is 0 Å². The predicted octanol–water partition coefficient (Wildman–Crippen LogP) is 5.23. The number of hydrogen-bond donors (Lipinski definition) is 0. The molecule has 8 heteroatoms. The number of aryl methyl sites for hydroxylation is 3. The smallest absolute Gasteiger partial charge is 0.306 e. The summed E-state index contributed by atoms with van der Waals surface area (Å²) < 4.78 is 33.1. The molecular formula is C27H29N3O4S. The number of benzene rings is 2. The minimum Gasteiger partial charge on any atom is -0.460 e. The molecule has 0 spiro atoms. The largest absolute Gasteiger partial charge is 0.460 e. The lowest BCUT2D eigenvalue weighted by atomic mass is 9.99. The molecule has 2 heterocycles. The highest BCUT2D eigenvalue weighted by Gasteiger charge is 2.22. The number of carbonyl (C=O) groups excluding carboxylic acids is 1. The van der Waals surface area contributed by atoms with Gasteiger partial charge in [-0.05, 0) is 76.4 Å². The molecule has 0 aliphatic heterocycles. The van der Waals surface area contributed by atoms with Crippen LogP contribution in [0.15, 0.2) is 66.0 Å². The quantitative estimate of drug-likeness (QED) is 0.343. The molecule has 0 aliphatic carbocycles. The van der Waals surface area contributed by atoms with Gasteiger partial charge in [0.1, 0.15) is 11.9 Å². The van der Waals surface area contributed by atoms with E-state index in [0.717, 1.165) is 22.3 Å². The second-order valence-electron chi connectivity index (χ2n) is 9.62. The van der Waals surface area contributed by atoms with Crippen LogP contribution in [-0.4, -0.2) is 33.9 Å². The molecule has 0 N–H and O–H groups in total. The number of ether oxygens (including phenoxy) is 1. The highest BCUT2D eigenvalue weighted by Crippen LogP contribution is 2.30.